The molecule has 3 aromatic heterocycles. The van der Waals surface area contributed by atoms with Gasteiger partial charge in [0.2, 0.25) is 0 Å². The number of carbonyl (C=O) groups is 1. The van der Waals surface area contributed by atoms with Crippen LogP contribution in [0.1, 0.15) is 85.1 Å². The minimum Gasteiger partial charge on any atom is -0.366 e. The Labute approximate surface area is 251 Å². The molecule has 5 aromatic rings. The molecule has 0 bridgehead atoms. The molecule has 2 aromatic carbocycles. The molecule has 5 rings (SSSR count). The van der Waals surface area contributed by atoms with E-state index in [1.54, 1.807) is 19.3 Å². The summed E-state index contributed by atoms with van der Waals surface area (Å²) in [7, 11) is 0. The van der Waals surface area contributed by atoms with Gasteiger partial charge < -0.3 is 5.32 Å². The number of anilines is 1. The van der Waals surface area contributed by atoms with Gasteiger partial charge in [-0.1, -0.05) is 87.4 Å². The summed E-state index contributed by atoms with van der Waals surface area (Å²) in [5.41, 5.74) is 6.29. The lowest BCUT2D eigenvalue weighted by Gasteiger charge is -2.17. The zero-order valence-electron chi connectivity index (χ0n) is 24.1. The first kappa shape index (κ1) is 30.1. The van der Waals surface area contributed by atoms with Crippen molar-refractivity contribution in [3.63, 3.8) is 0 Å². The van der Waals surface area contributed by atoms with Crippen LogP contribution < -0.4 is 5.32 Å². The first-order valence-electron chi connectivity index (χ1n) is 14.3. The van der Waals surface area contributed by atoms with Crippen molar-refractivity contribution in [2.75, 3.05) is 5.32 Å². The zero-order chi connectivity index (χ0) is 29.0. The number of pyridine rings is 1. The highest BCUT2D eigenvalue weighted by atomic mass is 79.9. The smallest absolute Gasteiger partial charge is 0.171 e. The van der Waals surface area contributed by atoms with Gasteiger partial charge in [0.1, 0.15) is 5.82 Å². The van der Waals surface area contributed by atoms with E-state index in [1.807, 2.05) is 59.2 Å². The number of fused-ring (bicyclic) bond motifs is 1. The average molecular weight is 613 g/mol. The number of aromatic nitrogens is 4. The number of hydrogen-bond donors (Lipinski definition) is 1. The minimum absolute atomic E-state index is 0.131. The van der Waals surface area contributed by atoms with Gasteiger partial charge in [-0.25, -0.2) is 4.98 Å². The molecule has 1 unspecified atom stereocenters. The first-order chi connectivity index (χ1) is 20.0. The van der Waals surface area contributed by atoms with E-state index in [0.717, 1.165) is 51.2 Å². The molecule has 6 nitrogen and oxygen atoms in total. The molecular formula is C34H38BrN5O. The van der Waals surface area contributed by atoms with Crippen molar-refractivity contribution in [2.24, 2.45) is 0 Å². The van der Waals surface area contributed by atoms with Crippen LogP contribution in [-0.4, -0.2) is 25.4 Å². The molecule has 0 aliphatic rings. The van der Waals surface area contributed by atoms with Crippen molar-refractivity contribution in [1.29, 1.82) is 0 Å². The largest absolute Gasteiger partial charge is 0.366 e. The third-order valence-corrected chi connectivity index (χ3v) is 7.66. The van der Waals surface area contributed by atoms with Gasteiger partial charge in [0.25, 0.3) is 0 Å². The van der Waals surface area contributed by atoms with Crippen molar-refractivity contribution >= 4 is 33.2 Å². The van der Waals surface area contributed by atoms with E-state index in [1.165, 1.54) is 24.8 Å². The van der Waals surface area contributed by atoms with E-state index in [2.05, 4.69) is 69.4 Å². The lowest BCUT2D eigenvalue weighted by Crippen LogP contribution is -2.10. The quantitative estimate of drug-likeness (QED) is 0.151. The topological polar surface area (TPSA) is 72.2 Å². The molecule has 0 saturated heterocycles. The fourth-order valence-corrected chi connectivity index (χ4v) is 5.18. The van der Waals surface area contributed by atoms with Gasteiger partial charge in [0.05, 0.1) is 10.7 Å². The van der Waals surface area contributed by atoms with Gasteiger partial charge in [-0.05, 0) is 64.9 Å². The highest BCUT2D eigenvalue weighted by Gasteiger charge is 2.16. The Kier molecular flexibility index (Phi) is 11.2. The second-order valence-corrected chi connectivity index (χ2v) is 11.0. The number of halogens is 1. The Morgan fingerprint density at radius 1 is 0.976 bits per heavy atom. The maximum Gasteiger partial charge on any atom is 0.171 e. The number of carbonyl (C=O) groups excluding carboxylic acids is 1. The Morgan fingerprint density at radius 2 is 1.73 bits per heavy atom. The highest BCUT2D eigenvalue weighted by molar-refractivity contribution is 9.10. The maximum absolute atomic E-state index is 11.5. The van der Waals surface area contributed by atoms with Crippen molar-refractivity contribution in [2.45, 2.75) is 65.3 Å². The molecule has 0 saturated carbocycles. The fraction of sp³-hybridized carbons (Fsp3) is 0.294. The summed E-state index contributed by atoms with van der Waals surface area (Å²) in [6.07, 6.45) is 11.0. The molecule has 212 valence electrons. The highest BCUT2D eigenvalue weighted by Crippen LogP contribution is 2.29. The molecule has 7 heteroatoms. The summed E-state index contributed by atoms with van der Waals surface area (Å²) in [6, 6.07) is 24.2. The number of nitrogens with zero attached hydrogens (tertiary/aromatic N) is 4. The van der Waals surface area contributed by atoms with Gasteiger partial charge in [-0.3, -0.25) is 9.78 Å². The average Bonchev–Trinajstić information content (AvgIpc) is 3.38. The predicted octanol–water partition coefficient (Wildman–Crippen LogP) is 8.66. The maximum atomic E-state index is 11.5. The second-order valence-electron chi connectivity index (χ2n) is 10.1. The SMILES string of the molecule is CC(=O)c1ccccc1Cc1ccccc1.CCCCC(CC)c1cc(NCc2cccnc2)n2ncc(Br)c2n1. The number of nitrogens with one attached hydrogen (secondary N) is 1. The number of hydrogen-bond acceptors (Lipinski definition) is 5. The van der Waals surface area contributed by atoms with Crippen molar-refractivity contribution in [3.05, 3.63) is 124 Å². The van der Waals surface area contributed by atoms with Crippen LogP contribution >= 0.6 is 15.9 Å². The second kappa shape index (κ2) is 15.2. The molecule has 1 N–H and O–H groups in total. The summed E-state index contributed by atoms with van der Waals surface area (Å²) in [5, 5.41) is 7.94. The van der Waals surface area contributed by atoms with Crippen LogP contribution in [-0.2, 0) is 13.0 Å². The Bertz CT molecular complexity index is 1540. The Balaban J connectivity index is 0.000000208. The van der Waals surface area contributed by atoms with Crippen LogP contribution in [0.25, 0.3) is 5.65 Å². The van der Waals surface area contributed by atoms with Gasteiger partial charge in [0, 0.05) is 42.2 Å². The summed E-state index contributed by atoms with van der Waals surface area (Å²) in [5.74, 6) is 1.57. The molecule has 0 amide bonds. The van der Waals surface area contributed by atoms with Crippen molar-refractivity contribution in [1.82, 2.24) is 19.6 Å². The van der Waals surface area contributed by atoms with Crippen LogP contribution in [0.15, 0.2) is 95.9 Å². The van der Waals surface area contributed by atoms with Gasteiger partial charge in [-0.2, -0.15) is 9.61 Å². The minimum atomic E-state index is 0.131. The Morgan fingerprint density at radius 3 is 2.44 bits per heavy atom. The van der Waals surface area contributed by atoms with E-state index in [4.69, 9.17) is 4.98 Å². The number of unbranched alkanes of at least 4 members (excludes halogenated alkanes) is 1. The molecule has 0 fully saturated rings. The van der Waals surface area contributed by atoms with E-state index < -0.39 is 0 Å². The van der Waals surface area contributed by atoms with Crippen LogP contribution in [0.3, 0.4) is 0 Å². The molecular weight excluding hydrogens is 574 g/mol. The van der Waals surface area contributed by atoms with Crippen molar-refractivity contribution < 1.29 is 4.79 Å². The number of ketones is 1. The summed E-state index contributed by atoms with van der Waals surface area (Å²) < 4.78 is 2.78. The molecule has 1 atom stereocenters. The number of rotatable bonds is 11. The molecule has 0 aliphatic carbocycles. The molecule has 3 heterocycles. The molecule has 0 aliphatic heterocycles. The first-order valence-corrected chi connectivity index (χ1v) is 15.1. The van der Waals surface area contributed by atoms with Crippen molar-refractivity contribution in [3.8, 4) is 0 Å². The fourth-order valence-electron chi connectivity index (χ4n) is 4.83. The standard InChI is InChI=1S/C19H24BrN5.C15H14O/c1-3-5-8-15(4-2)17-10-18(22-12-14-7-6-9-21-11-14)25-19(24-17)16(20)13-23-25;1-12(16)15-10-6-5-9-14(15)11-13-7-3-2-4-8-13/h6-7,9-11,13,15,22H,3-5,8,12H2,1-2H3;2-10H,11H2,1H3. The summed E-state index contributed by atoms with van der Waals surface area (Å²) in [6.45, 7) is 6.79. The van der Waals surface area contributed by atoms with E-state index in [-0.39, 0.29) is 5.78 Å². The number of benzene rings is 2. The van der Waals surface area contributed by atoms with Gasteiger partial charge in [-0.15, -0.1) is 0 Å². The normalized spacial score (nSPS) is 11.5. The van der Waals surface area contributed by atoms with Gasteiger partial charge >= 0.3 is 0 Å². The van der Waals surface area contributed by atoms with Gasteiger partial charge in [0.15, 0.2) is 11.4 Å². The third kappa shape index (κ3) is 8.33. The van der Waals surface area contributed by atoms with E-state index >= 15 is 0 Å². The lowest BCUT2D eigenvalue weighted by atomic mass is 9.95. The van der Waals surface area contributed by atoms with Crippen LogP contribution in [0, 0.1) is 0 Å². The zero-order valence-corrected chi connectivity index (χ0v) is 25.6. The van der Waals surface area contributed by atoms with Crippen LogP contribution in [0.4, 0.5) is 5.82 Å². The van der Waals surface area contributed by atoms with E-state index in [0.29, 0.717) is 12.5 Å². The van der Waals surface area contributed by atoms with Crippen LogP contribution in [0.5, 0.6) is 0 Å². The number of Topliss-reactive ketones (excluding diaryl/α,β-unsaturated/α-hetero) is 1. The summed E-state index contributed by atoms with van der Waals surface area (Å²) in [4.78, 5) is 20.5. The molecule has 0 radical (unpaired) electrons. The van der Waals surface area contributed by atoms with E-state index in [9.17, 15) is 4.79 Å². The Hall–Kier alpha value is -3.84. The molecule has 41 heavy (non-hydrogen) atoms. The third-order valence-electron chi connectivity index (χ3n) is 7.10. The predicted molar refractivity (Wildman–Crippen MR) is 171 cm³/mol. The lowest BCUT2D eigenvalue weighted by molar-refractivity contribution is 0.101. The monoisotopic (exact) mass is 611 g/mol. The molecule has 0 spiro atoms. The summed E-state index contributed by atoms with van der Waals surface area (Å²) >= 11 is 3.57. The van der Waals surface area contributed by atoms with Crippen LogP contribution in [0.2, 0.25) is 0 Å².